The zero-order chi connectivity index (χ0) is 12.8. The minimum absolute atomic E-state index is 0.356. The molecule has 90 valence electrons. The van der Waals surface area contributed by atoms with Crippen LogP contribution in [0.1, 0.15) is 15.9 Å². The second kappa shape index (κ2) is 5.77. The van der Waals surface area contributed by atoms with Gasteiger partial charge in [-0.1, -0.05) is 36.4 Å². The van der Waals surface area contributed by atoms with Crippen molar-refractivity contribution in [2.75, 3.05) is 7.11 Å². The molecule has 2 rings (SSSR count). The van der Waals surface area contributed by atoms with Crippen LogP contribution < -0.4 is 0 Å². The first-order valence-electron chi connectivity index (χ1n) is 5.58. The summed E-state index contributed by atoms with van der Waals surface area (Å²) in [6.07, 6.45) is 1.67. The summed E-state index contributed by atoms with van der Waals surface area (Å²) in [6, 6.07) is 16.8. The third kappa shape index (κ3) is 2.83. The van der Waals surface area contributed by atoms with Crippen LogP contribution in [0.4, 0.5) is 5.69 Å². The number of rotatable bonds is 3. The van der Waals surface area contributed by atoms with Crippen molar-refractivity contribution in [1.29, 1.82) is 0 Å². The van der Waals surface area contributed by atoms with Crippen molar-refractivity contribution >= 4 is 17.9 Å². The Labute approximate surface area is 106 Å². The number of para-hydroxylation sites is 1. The Hall–Kier alpha value is -2.42. The molecule has 0 amide bonds. The summed E-state index contributed by atoms with van der Waals surface area (Å²) >= 11 is 0. The van der Waals surface area contributed by atoms with E-state index in [9.17, 15) is 4.79 Å². The van der Waals surface area contributed by atoms with Gasteiger partial charge in [0.15, 0.2) is 0 Å². The normalized spacial score (nSPS) is 10.5. The summed E-state index contributed by atoms with van der Waals surface area (Å²) in [5.41, 5.74) is 2.10. The molecule has 0 radical (unpaired) electrons. The van der Waals surface area contributed by atoms with Gasteiger partial charge in [0.05, 0.1) is 18.4 Å². The highest BCUT2D eigenvalue weighted by atomic mass is 16.5. The lowest BCUT2D eigenvalue weighted by Gasteiger charge is -2.02. The van der Waals surface area contributed by atoms with Crippen LogP contribution in [0.25, 0.3) is 0 Å². The maximum Gasteiger partial charge on any atom is 0.338 e. The van der Waals surface area contributed by atoms with Gasteiger partial charge in [0.2, 0.25) is 0 Å². The summed E-state index contributed by atoms with van der Waals surface area (Å²) in [6.45, 7) is 0. The largest absolute Gasteiger partial charge is 0.465 e. The van der Waals surface area contributed by atoms with E-state index in [1.807, 2.05) is 42.5 Å². The summed E-state index contributed by atoms with van der Waals surface area (Å²) in [5.74, 6) is -0.356. The van der Waals surface area contributed by atoms with E-state index in [1.54, 1.807) is 18.3 Å². The summed E-state index contributed by atoms with van der Waals surface area (Å²) < 4.78 is 4.73. The number of ether oxygens (including phenoxy) is 1. The van der Waals surface area contributed by atoms with Crippen molar-refractivity contribution < 1.29 is 9.53 Å². The lowest BCUT2D eigenvalue weighted by atomic mass is 10.1. The Morgan fingerprint density at radius 2 is 1.72 bits per heavy atom. The van der Waals surface area contributed by atoms with Crippen molar-refractivity contribution in [3.05, 3.63) is 65.7 Å². The van der Waals surface area contributed by atoms with Crippen LogP contribution in [-0.4, -0.2) is 19.3 Å². The molecule has 2 aromatic carbocycles. The quantitative estimate of drug-likeness (QED) is 0.609. The van der Waals surface area contributed by atoms with Gasteiger partial charge in [-0.15, -0.1) is 0 Å². The molecule has 2 aromatic rings. The molecule has 0 fully saturated rings. The first-order chi connectivity index (χ1) is 8.81. The van der Waals surface area contributed by atoms with Crippen molar-refractivity contribution in [1.82, 2.24) is 0 Å². The van der Waals surface area contributed by atoms with Crippen molar-refractivity contribution in [2.24, 2.45) is 4.99 Å². The van der Waals surface area contributed by atoms with Gasteiger partial charge in [0, 0.05) is 11.8 Å². The highest BCUT2D eigenvalue weighted by Gasteiger charge is 2.08. The van der Waals surface area contributed by atoms with Crippen molar-refractivity contribution in [3.8, 4) is 0 Å². The number of benzene rings is 2. The van der Waals surface area contributed by atoms with Crippen LogP contribution in [0.15, 0.2) is 59.6 Å². The molecule has 0 saturated heterocycles. The maximum atomic E-state index is 11.6. The molecule has 0 spiro atoms. The Morgan fingerprint density at radius 1 is 1.06 bits per heavy atom. The zero-order valence-corrected chi connectivity index (χ0v) is 10.0. The summed E-state index contributed by atoms with van der Waals surface area (Å²) in [4.78, 5) is 15.9. The second-order valence-electron chi connectivity index (χ2n) is 3.67. The molecule has 0 saturated carbocycles. The monoisotopic (exact) mass is 239 g/mol. The smallest absolute Gasteiger partial charge is 0.338 e. The molecule has 0 aliphatic rings. The predicted octanol–water partition coefficient (Wildman–Crippen LogP) is 3.22. The Morgan fingerprint density at radius 3 is 2.44 bits per heavy atom. The number of hydrogen-bond donors (Lipinski definition) is 0. The van der Waals surface area contributed by atoms with E-state index in [2.05, 4.69) is 4.99 Å². The molecule has 0 aliphatic carbocycles. The van der Waals surface area contributed by atoms with Crippen LogP contribution in [0.3, 0.4) is 0 Å². The van der Waals surface area contributed by atoms with E-state index < -0.39 is 0 Å². The van der Waals surface area contributed by atoms with Crippen LogP contribution in [0.2, 0.25) is 0 Å². The van der Waals surface area contributed by atoms with Gasteiger partial charge >= 0.3 is 5.97 Å². The van der Waals surface area contributed by atoms with E-state index in [1.165, 1.54) is 7.11 Å². The van der Waals surface area contributed by atoms with Gasteiger partial charge in [-0.25, -0.2) is 4.79 Å². The molecule has 0 unspecified atom stereocenters. The molecule has 0 atom stereocenters. The molecule has 0 aromatic heterocycles. The van der Waals surface area contributed by atoms with E-state index in [4.69, 9.17) is 4.74 Å². The fraction of sp³-hybridized carbons (Fsp3) is 0.0667. The molecule has 0 N–H and O–H groups in total. The van der Waals surface area contributed by atoms with Gasteiger partial charge in [-0.3, -0.25) is 4.99 Å². The average Bonchev–Trinajstić information content (AvgIpc) is 2.45. The van der Waals surface area contributed by atoms with Crippen LogP contribution >= 0.6 is 0 Å². The highest BCUT2D eigenvalue weighted by molar-refractivity contribution is 5.99. The van der Waals surface area contributed by atoms with E-state index >= 15 is 0 Å². The van der Waals surface area contributed by atoms with Gasteiger partial charge in [0.25, 0.3) is 0 Å². The molecule has 3 nitrogen and oxygen atoms in total. The summed E-state index contributed by atoms with van der Waals surface area (Å²) in [7, 11) is 1.37. The molecule has 0 aliphatic heterocycles. The van der Waals surface area contributed by atoms with Crippen molar-refractivity contribution in [3.63, 3.8) is 0 Å². The minimum Gasteiger partial charge on any atom is -0.465 e. The number of methoxy groups -OCH3 is 1. The average molecular weight is 239 g/mol. The van der Waals surface area contributed by atoms with Crippen LogP contribution in [-0.2, 0) is 4.74 Å². The first kappa shape index (κ1) is 12.0. The molecular formula is C15H13NO2. The van der Waals surface area contributed by atoms with Crippen LogP contribution in [0.5, 0.6) is 0 Å². The Kier molecular flexibility index (Phi) is 3.86. The number of nitrogens with zero attached hydrogens (tertiary/aromatic N) is 1. The molecule has 3 heteroatoms. The standard InChI is InChI=1S/C15H13NO2/c1-18-15(17)14-10-6-5-7-12(14)11-16-13-8-3-2-4-9-13/h2-11H,1H3. The predicted molar refractivity (Wildman–Crippen MR) is 71.5 cm³/mol. The highest BCUT2D eigenvalue weighted by Crippen LogP contribution is 2.12. The van der Waals surface area contributed by atoms with Crippen molar-refractivity contribution in [2.45, 2.75) is 0 Å². The first-order valence-corrected chi connectivity index (χ1v) is 5.58. The SMILES string of the molecule is COC(=O)c1ccccc1C=Nc1ccccc1. The fourth-order valence-corrected chi connectivity index (χ4v) is 1.56. The number of carbonyl (C=O) groups excluding carboxylic acids is 1. The van der Waals surface area contributed by atoms with Gasteiger partial charge in [-0.2, -0.15) is 0 Å². The third-order valence-electron chi connectivity index (χ3n) is 2.47. The zero-order valence-electron chi connectivity index (χ0n) is 10.0. The maximum absolute atomic E-state index is 11.6. The van der Waals surface area contributed by atoms with Gasteiger partial charge in [0.1, 0.15) is 0 Å². The molecular weight excluding hydrogens is 226 g/mol. The lowest BCUT2D eigenvalue weighted by Crippen LogP contribution is -2.04. The minimum atomic E-state index is -0.356. The lowest BCUT2D eigenvalue weighted by molar-refractivity contribution is 0.0600. The molecule has 0 bridgehead atoms. The van der Waals surface area contributed by atoms with Crippen LogP contribution in [0, 0.1) is 0 Å². The number of hydrogen-bond acceptors (Lipinski definition) is 3. The Balaban J connectivity index is 2.29. The molecule has 0 heterocycles. The summed E-state index contributed by atoms with van der Waals surface area (Å²) in [5, 5.41) is 0. The number of aliphatic imine (C=N–C) groups is 1. The topological polar surface area (TPSA) is 38.7 Å². The second-order valence-corrected chi connectivity index (χ2v) is 3.67. The number of esters is 1. The van der Waals surface area contributed by atoms with E-state index in [0.717, 1.165) is 11.3 Å². The van der Waals surface area contributed by atoms with E-state index in [-0.39, 0.29) is 5.97 Å². The van der Waals surface area contributed by atoms with Gasteiger partial charge in [-0.05, 0) is 18.2 Å². The Bertz CT molecular complexity index is 562. The third-order valence-corrected chi connectivity index (χ3v) is 2.47. The van der Waals surface area contributed by atoms with E-state index in [0.29, 0.717) is 5.56 Å². The number of carbonyl (C=O) groups is 1. The van der Waals surface area contributed by atoms with Gasteiger partial charge < -0.3 is 4.74 Å². The fourth-order valence-electron chi connectivity index (χ4n) is 1.56. The molecule has 18 heavy (non-hydrogen) atoms.